The van der Waals surface area contributed by atoms with E-state index in [9.17, 15) is 9.59 Å². The van der Waals surface area contributed by atoms with Crippen molar-refractivity contribution in [3.63, 3.8) is 0 Å². The fourth-order valence-electron chi connectivity index (χ4n) is 1.92. The Kier molecular flexibility index (Phi) is 2.99. The molecule has 1 aromatic heterocycles. The first-order valence-corrected chi connectivity index (χ1v) is 5.48. The van der Waals surface area contributed by atoms with Crippen LogP contribution in [0.3, 0.4) is 0 Å². The van der Waals surface area contributed by atoms with Crippen LogP contribution < -0.4 is 10.6 Å². The zero-order valence-electron chi connectivity index (χ0n) is 9.74. The molecule has 0 saturated carbocycles. The van der Waals surface area contributed by atoms with E-state index in [4.69, 9.17) is 4.42 Å². The summed E-state index contributed by atoms with van der Waals surface area (Å²) in [5.41, 5.74) is 1.14. The van der Waals surface area contributed by atoms with Crippen LogP contribution in [0.15, 0.2) is 34.1 Å². The molecule has 0 radical (unpaired) electrons. The third-order valence-corrected chi connectivity index (χ3v) is 2.72. The third-order valence-electron chi connectivity index (χ3n) is 2.72. The molecule has 5 heteroatoms. The molecule has 0 aliphatic carbocycles. The predicted octanol–water partition coefficient (Wildman–Crippen LogP) is 1.89. The van der Waals surface area contributed by atoms with E-state index in [0.717, 1.165) is 0 Å². The highest BCUT2D eigenvalue weighted by Crippen LogP contribution is 2.27. The minimum absolute atomic E-state index is 0.00333. The average molecular weight is 234 g/mol. The second kappa shape index (κ2) is 4.45. The summed E-state index contributed by atoms with van der Waals surface area (Å²) in [6.45, 7) is 3.51. The molecule has 2 N–H and O–H groups in total. The van der Waals surface area contributed by atoms with E-state index in [-0.39, 0.29) is 11.8 Å². The average Bonchev–Trinajstić information content (AvgIpc) is 2.80. The van der Waals surface area contributed by atoms with Gasteiger partial charge in [-0.3, -0.25) is 4.79 Å². The summed E-state index contributed by atoms with van der Waals surface area (Å²) in [5.74, 6) is 0.562. The van der Waals surface area contributed by atoms with Crippen molar-refractivity contribution < 1.29 is 14.0 Å². The van der Waals surface area contributed by atoms with Crippen LogP contribution in [0, 0.1) is 0 Å². The van der Waals surface area contributed by atoms with Crippen LogP contribution in [0.4, 0.5) is 4.79 Å². The Morgan fingerprint density at radius 3 is 2.88 bits per heavy atom. The van der Waals surface area contributed by atoms with Gasteiger partial charge in [0.15, 0.2) is 5.78 Å². The molecule has 90 valence electrons. The standard InChI is InChI=1S/C12H14N2O3/c1-3-8(15)10-7(2)13-12(16)14-11(10)9-5-4-6-17-9/h4-6,11H,3H2,1-2H3,(H2,13,14,16). The van der Waals surface area contributed by atoms with Crippen LogP contribution in [-0.4, -0.2) is 11.8 Å². The summed E-state index contributed by atoms with van der Waals surface area (Å²) < 4.78 is 5.27. The van der Waals surface area contributed by atoms with Gasteiger partial charge in [0.25, 0.3) is 0 Å². The number of furan rings is 1. The van der Waals surface area contributed by atoms with E-state index in [1.54, 1.807) is 26.0 Å². The van der Waals surface area contributed by atoms with Gasteiger partial charge in [-0.15, -0.1) is 0 Å². The van der Waals surface area contributed by atoms with Gasteiger partial charge >= 0.3 is 6.03 Å². The highest BCUT2D eigenvalue weighted by Gasteiger charge is 2.31. The second-order valence-electron chi connectivity index (χ2n) is 3.86. The van der Waals surface area contributed by atoms with E-state index in [1.165, 1.54) is 6.26 Å². The molecular weight excluding hydrogens is 220 g/mol. The molecule has 1 atom stereocenters. The van der Waals surface area contributed by atoms with Gasteiger partial charge in [-0.25, -0.2) is 4.79 Å². The molecule has 5 nitrogen and oxygen atoms in total. The number of allylic oxidation sites excluding steroid dienone is 1. The Balaban J connectivity index is 2.44. The molecule has 1 aromatic rings. The van der Waals surface area contributed by atoms with Crippen molar-refractivity contribution in [3.05, 3.63) is 35.4 Å². The normalized spacial score (nSPS) is 19.9. The molecule has 2 heterocycles. The van der Waals surface area contributed by atoms with E-state index in [2.05, 4.69) is 10.6 Å². The van der Waals surface area contributed by atoms with E-state index < -0.39 is 6.04 Å². The van der Waals surface area contributed by atoms with Gasteiger partial charge in [-0.2, -0.15) is 0 Å². The van der Waals surface area contributed by atoms with Crippen LogP contribution in [-0.2, 0) is 4.79 Å². The van der Waals surface area contributed by atoms with Gasteiger partial charge in [0.1, 0.15) is 11.8 Å². The van der Waals surface area contributed by atoms with E-state index in [0.29, 0.717) is 23.5 Å². The number of ketones is 1. The summed E-state index contributed by atoms with van der Waals surface area (Å²) in [5, 5.41) is 5.30. The van der Waals surface area contributed by atoms with Crippen molar-refractivity contribution in [3.8, 4) is 0 Å². The first-order valence-electron chi connectivity index (χ1n) is 5.48. The molecule has 0 aromatic carbocycles. The van der Waals surface area contributed by atoms with Crippen molar-refractivity contribution in [2.24, 2.45) is 0 Å². The van der Waals surface area contributed by atoms with Crippen molar-refractivity contribution >= 4 is 11.8 Å². The summed E-state index contributed by atoms with van der Waals surface area (Å²) in [4.78, 5) is 23.3. The van der Waals surface area contributed by atoms with Gasteiger partial charge in [0.05, 0.1) is 6.26 Å². The Bertz CT molecular complexity index is 474. The largest absolute Gasteiger partial charge is 0.467 e. The molecule has 0 saturated heterocycles. The summed E-state index contributed by atoms with van der Waals surface area (Å²) in [6.07, 6.45) is 1.91. The highest BCUT2D eigenvalue weighted by molar-refractivity contribution is 5.99. The molecule has 17 heavy (non-hydrogen) atoms. The predicted molar refractivity (Wildman–Crippen MR) is 61.1 cm³/mol. The Hall–Kier alpha value is -2.04. The highest BCUT2D eigenvalue weighted by atomic mass is 16.3. The van der Waals surface area contributed by atoms with Crippen LogP contribution in [0.25, 0.3) is 0 Å². The van der Waals surface area contributed by atoms with Crippen molar-refractivity contribution in [2.45, 2.75) is 26.3 Å². The molecule has 2 amide bonds. The molecular formula is C12H14N2O3. The minimum Gasteiger partial charge on any atom is -0.467 e. The molecule has 0 spiro atoms. The molecule has 1 aliphatic rings. The zero-order chi connectivity index (χ0) is 12.4. The maximum atomic E-state index is 11.9. The lowest BCUT2D eigenvalue weighted by Crippen LogP contribution is -2.44. The fraction of sp³-hybridized carbons (Fsp3) is 0.333. The number of hydrogen-bond donors (Lipinski definition) is 2. The molecule has 0 fully saturated rings. The SMILES string of the molecule is CCC(=O)C1=C(C)NC(=O)NC1c1ccco1. The topological polar surface area (TPSA) is 71.3 Å². The maximum absolute atomic E-state index is 11.9. The fourth-order valence-corrected chi connectivity index (χ4v) is 1.92. The number of carbonyl (C=O) groups excluding carboxylic acids is 2. The number of Topliss-reactive ketones (excluding diaryl/α,β-unsaturated/α-hetero) is 1. The quantitative estimate of drug-likeness (QED) is 0.838. The first-order chi connectivity index (χ1) is 8.13. The molecule has 1 unspecified atom stereocenters. The van der Waals surface area contributed by atoms with Gasteiger partial charge in [-0.1, -0.05) is 6.92 Å². The first kappa shape index (κ1) is 11.4. The van der Waals surface area contributed by atoms with Crippen molar-refractivity contribution in [2.75, 3.05) is 0 Å². The van der Waals surface area contributed by atoms with E-state index in [1.807, 2.05) is 0 Å². The smallest absolute Gasteiger partial charge is 0.319 e. The Morgan fingerprint density at radius 1 is 1.53 bits per heavy atom. The lowest BCUT2D eigenvalue weighted by Gasteiger charge is -2.26. The monoisotopic (exact) mass is 234 g/mol. The van der Waals surface area contributed by atoms with Crippen LogP contribution in [0.5, 0.6) is 0 Å². The van der Waals surface area contributed by atoms with Gasteiger partial charge in [0, 0.05) is 17.7 Å². The van der Waals surface area contributed by atoms with Crippen molar-refractivity contribution in [1.29, 1.82) is 0 Å². The van der Waals surface area contributed by atoms with Crippen LogP contribution in [0.2, 0.25) is 0 Å². The number of rotatable bonds is 3. The lowest BCUT2D eigenvalue weighted by atomic mass is 9.95. The van der Waals surface area contributed by atoms with E-state index >= 15 is 0 Å². The van der Waals surface area contributed by atoms with Crippen LogP contribution >= 0.6 is 0 Å². The van der Waals surface area contributed by atoms with Gasteiger partial charge < -0.3 is 15.1 Å². The van der Waals surface area contributed by atoms with Crippen molar-refractivity contribution in [1.82, 2.24) is 10.6 Å². The van der Waals surface area contributed by atoms with Crippen LogP contribution in [0.1, 0.15) is 32.1 Å². The maximum Gasteiger partial charge on any atom is 0.319 e. The number of urea groups is 1. The van der Waals surface area contributed by atoms with Gasteiger partial charge in [0.2, 0.25) is 0 Å². The number of nitrogens with one attached hydrogen (secondary N) is 2. The summed E-state index contributed by atoms with van der Waals surface area (Å²) >= 11 is 0. The molecule has 2 rings (SSSR count). The summed E-state index contributed by atoms with van der Waals surface area (Å²) in [6, 6.07) is 2.65. The molecule has 1 aliphatic heterocycles. The minimum atomic E-state index is -0.494. The second-order valence-corrected chi connectivity index (χ2v) is 3.86. The number of carbonyl (C=O) groups is 2. The Morgan fingerprint density at radius 2 is 2.29 bits per heavy atom. The molecule has 0 bridgehead atoms. The number of hydrogen-bond acceptors (Lipinski definition) is 3. The third kappa shape index (κ3) is 2.08. The lowest BCUT2D eigenvalue weighted by molar-refractivity contribution is -0.115. The number of amides is 2. The van der Waals surface area contributed by atoms with Gasteiger partial charge in [-0.05, 0) is 19.1 Å². The zero-order valence-corrected chi connectivity index (χ0v) is 9.74. The summed E-state index contributed by atoms with van der Waals surface area (Å²) in [7, 11) is 0. The Labute approximate surface area is 98.9 Å².